The Balaban J connectivity index is 2.04. The molecule has 0 aliphatic carbocycles. The molecule has 7 nitrogen and oxygen atoms in total. The number of aryl methyl sites for hydroxylation is 1. The lowest BCUT2D eigenvalue weighted by Gasteiger charge is -2.16. The molecule has 0 unspecified atom stereocenters. The Morgan fingerprint density at radius 3 is 2.62 bits per heavy atom. The highest BCUT2D eigenvalue weighted by Crippen LogP contribution is 2.31. The highest BCUT2D eigenvalue weighted by molar-refractivity contribution is 5.95. The Morgan fingerprint density at radius 2 is 2.04 bits per heavy atom. The third-order valence-electron chi connectivity index (χ3n) is 3.04. The summed E-state index contributed by atoms with van der Waals surface area (Å²) in [6.45, 7) is 0.331. The molecule has 1 heterocycles. The summed E-state index contributed by atoms with van der Waals surface area (Å²) in [7, 11) is 1.34. The van der Waals surface area contributed by atoms with Crippen LogP contribution in [0.25, 0.3) is 0 Å². The molecule has 1 aromatic carbocycles. The van der Waals surface area contributed by atoms with Crippen LogP contribution in [0.1, 0.15) is 12.7 Å². The second-order valence-electron chi connectivity index (χ2n) is 4.92. The first-order valence-electron chi connectivity index (χ1n) is 7.02. The van der Waals surface area contributed by atoms with Crippen molar-refractivity contribution in [3.8, 4) is 11.5 Å². The molecule has 0 saturated carbocycles. The summed E-state index contributed by atoms with van der Waals surface area (Å²) >= 11 is 0. The van der Waals surface area contributed by atoms with Crippen molar-refractivity contribution >= 4 is 17.4 Å². The zero-order chi connectivity index (χ0) is 17.7. The molecule has 0 aliphatic rings. The van der Waals surface area contributed by atoms with Crippen molar-refractivity contribution in [3.63, 3.8) is 0 Å². The summed E-state index contributed by atoms with van der Waals surface area (Å²) in [6.07, 6.45) is 0. The van der Waals surface area contributed by atoms with Gasteiger partial charge in [0.05, 0.1) is 7.11 Å². The second-order valence-corrected chi connectivity index (χ2v) is 4.92. The first kappa shape index (κ1) is 17.5. The first-order chi connectivity index (χ1) is 11.4. The molecular weight excluding hydrogens is 324 g/mol. The van der Waals surface area contributed by atoms with Crippen LogP contribution in [0.4, 0.5) is 20.3 Å². The van der Waals surface area contributed by atoms with E-state index < -0.39 is 12.7 Å². The number of carbonyl (C=O) groups excluding carboxylic acids is 1. The number of anilines is 2. The number of carbonyl (C=O) groups is 1. The van der Waals surface area contributed by atoms with E-state index in [0.29, 0.717) is 17.3 Å². The summed E-state index contributed by atoms with van der Waals surface area (Å²) in [5.74, 6) is 0.529. The number of rotatable bonds is 7. The number of hydrogen-bond acceptors (Lipinski definition) is 6. The van der Waals surface area contributed by atoms with Gasteiger partial charge in [0.25, 0.3) is 0 Å². The molecule has 130 valence electrons. The highest BCUT2D eigenvalue weighted by Gasteiger charge is 2.16. The zero-order valence-corrected chi connectivity index (χ0v) is 13.3. The molecule has 0 aliphatic heterocycles. The Bertz CT molecular complexity index is 706. The lowest BCUT2D eigenvalue weighted by atomic mass is 10.2. The van der Waals surface area contributed by atoms with Crippen LogP contribution in [-0.2, 0) is 4.79 Å². The van der Waals surface area contributed by atoms with E-state index in [9.17, 15) is 13.6 Å². The van der Waals surface area contributed by atoms with Crippen molar-refractivity contribution < 1.29 is 27.6 Å². The fraction of sp³-hybridized carbons (Fsp3) is 0.333. The summed E-state index contributed by atoms with van der Waals surface area (Å²) in [5.41, 5.74) is 0.422. The Morgan fingerprint density at radius 1 is 1.29 bits per heavy atom. The van der Waals surface area contributed by atoms with Gasteiger partial charge >= 0.3 is 6.61 Å². The number of ether oxygens (including phenoxy) is 2. The minimum Gasteiger partial charge on any atom is -0.493 e. The van der Waals surface area contributed by atoms with Gasteiger partial charge in [0.2, 0.25) is 5.91 Å². The van der Waals surface area contributed by atoms with Crippen LogP contribution < -0.4 is 20.1 Å². The molecule has 0 saturated heterocycles. The van der Waals surface area contributed by atoms with Crippen LogP contribution in [0.3, 0.4) is 0 Å². The quantitative estimate of drug-likeness (QED) is 0.805. The fourth-order valence-electron chi connectivity index (χ4n) is 1.93. The third-order valence-corrected chi connectivity index (χ3v) is 3.04. The van der Waals surface area contributed by atoms with Gasteiger partial charge in [0.1, 0.15) is 11.8 Å². The lowest BCUT2D eigenvalue weighted by molar-refractivity contribution is -0.116. The molecule has 0 spiro atoms. The Hall–Kier alpha value is -2.84. The van der Waals surface area contributed by atoms with Crippen LogP contribution in [0.5, 0.6) is 11.5 Å². The van der Waals surface area contributed by atoms with Gasteiger partial charge in [-0.25, -0.2) is 0 Å². The van der Waals surface area contributed by atoms with Gasteiger partial charge in [-0.3, -0.25) is 4.79 Å². The first-order valence-corrected chi connectivity index (χ1v) is 7.02. The molecule has 0 fully saturated rings. The topological polar surface area (TPSA) is 85.6 Å². The number of alkyl halides is 2. The number of benzene rings is 1. The lowest BCUT2D eigenvalue weighted by Crippen LogP contribution is -2.32. The minimum atomic E-state index is -2.98. The van der Waals surface area contributed by atoms with Crippen LogP contribution in [0.15, 0.2) is 28.8 Å². The summed E-state index contributed by atoms with van der Waals surface area (Å²) in [5, 5.41) is 9.11. The SMILES string of the molecule is COc1ccc(N[C@H](C)C(=O)Nc2cc(C)on2)cc1OC(F)F. The maximum absolute atomic E-state index is 12.4. The van der Waals surface area contributed by atoms with Gasteiger partial charge in [-0.15, -0.1) is 0 Å². The van der Waals surface area contributed by atoms with Crippen LogP contribution >= 0.6 is 0 Å². The molecular formula is C15H17F2N3O4. The highest BCUT2D eigenvalue weighted by atomic mass is 19.3. The summed E-state index contributed by atoms with van der Waals surface area (Å²) < 4.78 is 39.1. The molecule has 0 bridgehead atoms. The average molecular weight is 341 g/mol. The van der Waals surface area contributed by atoms with Crippen molar-refractivity contribution in [2.75, 3.05) is 17.7 Å². The third kappa shape index (κ3) is 4.58. The molecule has 2 rings (SSSR count). The second kappa shape index (κ2) is 7.62. The normalized spacial score (nSPS) is 11.9. The number of amides is 1. The predicted molar refractivity (Wildman–Crippen MR) is 82.6 cm³/mol. The minimum absolute atomic E-state index is 0.128. The number of methoxy groups -OCH3 is 1. The van der Waals surface area contributed by atoms with E-state index in [0.717, 1.165) is 0 Å². The predicted octanol–water partition coefficient (Wildman–Crippen LogP) is 3.03. The molecule has 1 amide bonds. The van der Waals surface area contributed by atoms with Gasteiger partial charge in [0, 0.05) is 17.8 Å². The van der Waals surface area contributed by atoms with Crippen molar-refractivity contribution in [3.05, 3.63) is 30.0 Å². The summed E-state index contributed by atoms with van der Waals surface area (Å²) in [6, 6.07) is 5.30. The molecule has 9 heteroatoms. The Kier molecular flexibility index (Phi) is 5.56. The van der Waals surface area contributed by atoms with Crippen LogP contribution in [0, 0.1) is 6.92 Å². The molecule has 0 radical (unpaired) electrons. The number of nitrogens with zero attached hydrogens (tertiary/aromatic N) is 1. The van der Waals surface area contributed by atoms with Crippen molar-refractivity contribution in [1.82, 2.24) is 5.16 Å². The number of aromatic nitrogens is 1. The van der Waals surface area contributed by atoms with Gasteiger partial charge in [0.15, 0.2) is 17.3 Å². The maximum Gasteiger partial charge on any atom is 0.387 e. The van der Waals surface area contributed by atoms with Crippen molar-refractivity contribution in [2.24, 2.45) is 0 Å². The van der Waals surface area contributed by atoms with E-state index in [1.807, 2.05) is 0 Å². The average Bonchev–Trinajstić information content (AvgIpc) is 2.92. The zero-order valence-electron chi connectivity index (χ0n) is 13.3. The van der Waals surface area contributed by atoms with Crippen LogP contribution in [-0.4, -0.2) is 30.8 Å². The monoisotopic (exact) mass is 341 g/mol. The van der Waals surface area contributed by atoms with Gasteiger partial charge < -0.3 is 24.6 Å². The maximum atomic E-state index is 12.4. The number of nitrogens with one attached hydrogen (secondary N) is 2. The van der Waals surface area contributed by atoms with E-state index >= 15 is 0 Å². The Labute approximate surface area is 136 Å². The van der Waals surface area contributed by atoms with Crippen molar-refractivity contribution in [1.29, 1.82) is 0 Å². The molecule has 1 atom stereocenters. The fourth-order valence-corrected chi connectivity index (χ4v) is 1.93. The summed E-state index contributed by atoms with van der Waals surface area (Å²) in [4.78, 5) is 12.1. The van der Waals surface area contributed by atoms with Crippen LogP contribution in [0.2, 0.25) is 0 Å². The molecule has 2 N–H and O–H groups in total. The molecule has 2 aromatic rings. The van der Waals surface area contributed by atoms with E-state index in [4.69, 9.17) is 9.26 Å². The van der Waals surface area contributed by atoms with E-state index in [-0.39, 0.29) is 17.4 Å². The van der Waals surface area contributed by atoms with Gasteiger partial charge in [-0.1, -0.05) is 5.16 Å². The van der Waals surface area contributed by atoms with E-state index in [1.165, 1.54) is 19.2 Å². The standard InChI is InChI=1S/C15H17F2N3O4/c1-8-6-13(20-24-8)19-14(21)9(2)18-10-4-5-11(22-3)12(7-10)23-15(16)17/h4-7,9,15,18H,1-3H3,(H,19,20,21)/t9-/m1/s1. The molecule has 24 heavy (non-hydrogen) atoms. The molecule has 1 aromatic heterocycles. The van der Waals surface area contributed by atoms with Crippen molar-refractivity contribution in [2.45, 2.75) is 26.5 Å². The van der Waals surface area contributed by atoms with Gasteiger partial charge in [-0.05, 0) is 26.0 Å². The van der Waals surface area contributed by atoms with E-state index in [1.54, 1.807) is 26.0 Å². The van der Waals surface area contributed by atoms with Gasteiger partial charge in [-0.2, -0.15) is 8.78 Å². The largest absolute Gasteiger partial charge is 0.493 e. The number of hydrogen-bond donors (Lipinski definition) is 2. The number of halogens is 2. The smallest absolute Gasteiger partial charge is 0.387 e. The van der Waals surface area contributed by atoms with E-state index in [2.05, 4.69) is 20.5 Å².